The minimum absolute atomic E-state index is 0.00124. The molecule has 218 valence electrons. The number of anilines is 1. The molecule has 41 heavy (non-hydrogen) atoms. The molecule has 10 heteroatoms. The van der Waals surface area contributed by atoms with Crippen molar-refractivity contribution < 1.29 is 18.0 Å². The molecule has 0 unspecified atom stereocenters. The van der Waals surface area contributed by atoms with Crippen LogP contribution in [0.25, 0.3) is 0 Å². The first-order valence-electron chi connectivity index (χ1n) is 13.7. The Balaban J connectivity index is 1.70. The van der Waals surface area contributed by atoms with Gasteiger partial charge in [-0.2, -0.15) is 0 Å². The van der Waals surface area contributed by atoms with Crippen LogP contribution in [0.2, 0.25) is 10.0 Å². The van der Waals surface area contributed by atoms with Crippen molar-refractivity contribution in [3.05, 3.63) is 93.5 Å². The monoisotopic (exact) mass is 615 g/mol. The SMILES string of the molecule is Cc1ccc(N(CC(=O)N(Cc2cccc(Cl)c2)[C@@H](C)C(=O)NC2CCCC2)S(=O)(=O)c2ccc(Cl)cc2)cc1C. The standard InChI is InChI=1S/C31H35Cl2N3O4S/c1-21-11-14-28(17-22(21)2)36(41(39,40)29-15-12-25(32)13-16-29)20-30(37)35(19-24-7-6-8-26(33)18-24)23(3)31(38)34-27-9-4-5-10-27/h6-8,11-18,23,27H,4-5,9-10,19-20H2,1-3H3,(H,34,38)/t23-/m0/s1. The molecule has 0 heterocycles. The molecule has 0 aliphatic heterocycles. The number of nitrogens with one attached hydrogen (secondary N) is 1. The summed E-state index contributed by atoms with van der Waals surface area (Å²) in [4.78, 5) is 28.8. The lowest BCUT2D eigenvalue weighted by Gasteiger charge is -2.32. The molecule has 0 bridgehead atoms. The van der Waals surface area contributed by atoms with Gasteiger partial charge in [-0.25, -0.2) is 8.42 Å². The van der Waals surface area contributed by atoms with Gasteiger partial charge in [0.2, 0.25) is 11.8 Å². The maximum atomic E-state index is 14.1. The molecule has 2 amide bonds. The Morgan fingerprint density at radius 1 is 0.927 bits per heavy atom. The van der Waals surface area contributed by atoms with Gasteiger partial charge in [-0.05, 0) is 98.8 Å². The van der Waals surface area contributed by atoms with Crippen LogP contribution >= 0.6 is 23.2 Å². The fourth-order valence-electron chi connectivity index (χ4n) is 4.95. The van der Waals surface area contributed by atoms with Gasteiger partial charge in [-0.3, -0.25) is 13.9 Å². The average Bonchev–Trinajstić information content (AvgIpc) is 3.44. The van der Waals surface area contributed by atoms with Crippen molar-refractivity contribution in [2.75, 3.05) is 10.8 Å². The van der Waals surface area contributed by atoms with Crippen LogP contribution in [0.4, 0.5) is 5.69 Å². The Labute approximate surface area is 252 Å². The molecule has 7 nitrogen and oxygen atoms in total. The third-order valence-corrected chi connectivity index (χ3v) is 9.84. The van der Waals surface area contributed by atoms with Gasteiger partial charge in [-0.1, -0.05) is 54.2 Å². The van der Waals surface area contributed by atoms with E-state index in [2.05, 4.69) is 5.32 Å². The predicted octanol–water partition coefficient (Wildman–Crippen LogP) is 6.28. The summed E-state index contributed by atoms with van der Waals surface area (Å²) in [5.41, 5.74) is 2.95. The van der Waals surface area contributed by atoms with Crippen molar-refractivity contribution in [1.82, 2.24) is 10.2 Å². The number of benzene rings is 3. The average molecular weight is 617 g/mol. The largest absolute Gasteiger partial charge is 0.352 e. The molecule has 3 aromatic rings. The Morgan fingerprint density at radius 2 is 1.61 bits per heavy atom. The van der Waals surface area contributed by atoms with Crippen molar-refractivity contribution in [3.63, 3.8) is 0 Å². The molecular formula is C31H35Cl2N3O4S. The number of hydrogen-bond donors (Lipinski definition) is 1. The molecule has 4 rings (SSSR count). The van der Waals surface area contributed by atoms with Crippen LogP contribution in [0.3, 0.4) is 0 Å². The van der Waals surface area contributed by atoms with Crippen molar-refractivity contribution in [1.29, 1.82) is 0 Å². The van der Waals surface area contributed by atoms with Crippen LogP contribution in [-0.4, -0.2) is 43.8 Å². The molecule has 1 aliphatic rings. The quantitative estimate of drug-likeness (QED) is 0.291. The van der Waals surface area contributed by atoms with E-state index in [-0.39, 0.29) is 23.4 Å². The van der Waals surface area contributed by atoms with Crippen LogP contribution in [0.5, 0.6) is 0 Å². The zero-order chi connectivity index (χ0) is 29.7. The van der Waals surface area contributed by atoms with Gasteiger partial charge in [-0.15, -0.1) is 0 Å². The van der Waals surface area contributed by atoms with Crippen LogP contribution < -0.4 is 9.62 Å². The highest BCUT2D eigenvalue weighted by molar-refractivity contribution is 7.92. The second kappa shape index (κ2) is 13.3. The number of amides is 2. The number of hydrogen-bond acceptors (Lipinski definition) is 4. The summed E-state index contributed by atoms with van der Waals surface area (Å²) in [5, 5.41) is 3.96. The van der Waals surface area contributed by atoms with E-state index in [9.17, 15) is 18.0 Å². The number of sulfonamides is 1. The number of rotatable bonds is 10. The molecular weight excluding hydrogens is 581 g/mol. The second-order valence-electron chi connectivity index (χ2n) is 10.6. The van der Waals surface area contributed by atoms with Gasteiger partial charge in [0, 0.05) is 22.6 Å². The highest BCUT2D eigenvalue weighted by Crippen LogP contribution is 2.27. The van der Waals surface area contributed by atoms with E-state index in [4.69, 9.17) is 23.2 Å². The van der Waals surface area contributed by atoms with Crippen molar-refractivity contribution in [2.45, 2.75) is 70.0 Å². The Hall–Kier alpha value is -3.07. The maximum absolute atomic E-state index is 14.1. The van der Waals surface area contributed by atoms with Gasteiger partial charge in [0.25, 0.3) is 10.0 Å². The van der Waals surface area contributed by atoms with Crippen molar-refractivity contribution in [3.8, 4) is 0 Å². The Bertz CT molecular complexity index is 1510. The van der Waals surface area contributed by atoms with Crippen LogP contribution in [0.15, 0.2) is 71.6 Å². The maximum Gasteiger partial charge on any atom is 0.264 e. The summed E-state index contributed by atoms with van der Waals surface area (Å²) in [7, 11) is -4.17. The number of carbonyl (C=O) groups excluding carboxylic acids is 2. The van der Waals surface area contributed by atoms with Crippen molar-refractivity contribution in [2.24, 2.45) is 0 Å². The van der Waals surface area contributed by atoms with E-state index in [0.717, 1.165) is 46.7 Å². The van der Waals surface area contributed by atoms with E-state index in [1.807, 2.05) is 26.0 Å². The third-order valence-electron chi connectivity index (χ3n) is 7.57. The molecule has 1 atom stereocenters. The first-order valence-corrected chi connectivity index (χ1v) is 15.8. The lowest BCUT2D eigenvalue weighted by molar-refractivity contribution is -0.139. The lowest BCUT2D eigenvalue weighted by Crippen LogP contribution is -2.52. The summed E-state index contributed by atoms with van der Waals surface area (Å²) in [6.45, 7) is 5.06. The fraction of sp³-hybridized carbons (Fsp3) is 0.355. The summed E-state index contributed by atoms with van der Waals surface area (Å²) in [6, 6.07) is 17.3. The van der Waals surface area contributed by atoms with E-state index in [1.54, 1.807) is 37.3 Å². The minimum atomic E-state index is -4.17. The van der Waals surface area contributed by atoms with E-state index in [1.165, 1.54) is 29.2 Å². The number of nitrogens with zero attached hydrogens (tertiary/aromatic N) is 2. The van der Waals surface area contributed by atoms with Crippen LogP contribution in [0.1, 0.15) is 49.3 Å². The molecule has 1 aliphatic carbocycles. The number of aryl methyl sites for hydroxylation is 2. The Morgan fingerprint density at radius 3 is 2.24 bits per heavy atom. The van der Waals surface area contributed by atoms with E-state index in [0.29, 0.717) is 15.7 Å². The number of halogens is 2. The molecule has 0 spiro atoms. The fourth-order valence-corrected chi connectivity index (χ4v) is 6.69. The second-order valence-corrected chi connectivity index (χ2v) is 13.3. The summed E-state index contributed by atoms with van der Waals surface area (Å²) in [5.74, 6) is -0.791. The molecule has 1 saturated carbocycles. The lowest BCUT2D eigenvalue weighted by atomic mass is 10.1. The highest BCUT2D eigenvalue weighted by Gasteiger charge is 2.33. The van der Waals surface area contributed by atoms with Crippen molar-refractivity contribution >= 4 is 50.7 Å². The van der Waals surface area contributed by atoms with Gasteiger partial charge >= 0.3 is 0 Å². The minimum Gasteiger partial charge on any atom is -0.352 e. The van der Waals surface area contributed by atoms with Crippen LogP contribution in [-0.2, 0) is 26.2 Å². The normalized spacial score (nSPS) is 14.5. The predicted molar refractivity (Wildman–Crippen MR) is 164 cm³/mol. The molecule has 1 fully saturated rings. The summed E-state index contributed by atoms with van der Waals surface area (Å²) < 4.78 is 29.0. The van der Waals surface area contributed by atoms with Gasteiger partial charge in [0.15, 0.2) is 0 Å². The zero-order valence-corrected chi connectivity index (χ0v) is 25.8. The van der Waals surface area contributed by atoms with Gasteiger partial charge in [0.1, 0.15) is 12.6 Å². The van der Waals surface area contributed by atoms with E-state index >= 15 is 0 Å². The van der Waals surface area contributed by atoms with Gasteiger partial charge in [0.05, 0.1) is 10.6 Å². The number of carbonyl (C=O) groups is 2. The highest BCUT2D eigenvalue weighted by atomic mass is 35.5. The van der Waals surface area contributed by atoms with Crippen LogP contribution in [0, 0.1) is 13.8 Å². The molecule has 0 aromatic heterocycles. The summed E-state index contributed by atoms with van der Waals surface area (Å²) >= 11 is 12.2. The molecule has 3 aromatic carbocycles. The zero-order valence-electron chi connectivity index (χ0n) is 23.4. The first kappa shape index (κ1) is 30.9. The molecule has 0 radical (unpaired) electrons. The first-order chi connectivity index (χ1) is 19.5. The Kier molecular flexibility index (Phi) is 10.00. The topological polar surface area (TPSA) is 86.8 Å². The summed E-state index contributed by atoms with van der Waals surface area (Å²) in [6.07, 6.45) is 3.91. The van der Waals surface area contributed by atoms with E-state index < -0.39 is 28.5 Å². The molecule has 1 N–H and O–H groups in total. The van der Waals surface area contributed by atoms with Gasteiger partial charge < -0.3 is 10.2 Å². The third kappa shape index (κ3) is 7.61. The smallest absolute Gasteiger partial charge is 0.264 e. The molecule has 0 saturated heterocycles.